The number of nitrogens with zero attached hydrogens (tertiary/aromatic N) is 1. The number of fused-ring (bicyclic) bond motifs is 1. The molecule has 0 saturated carbocycles. The average molecular weight is 358 g/mol. The van der Waals surface area contributed by atoms with Crippen molar-refractivity contribution in [3.05, 3.63) is 64.4 Å². The van der Waals surface area contributed by atoms with Crippen LogP contribution >= 0.6 is 15.9 Å². The predicted molar refractivity (Wildman–Crippen MR) is 91.7 cm³/mol. The first kappa shape index (κ1) is 15.0. The summed E-state index contributed by atoms with van der Waals surface area (Å²) >= 11 is 3.50. The number of methoxy groups -OCH3 is 1. The van der Waals surface area contributed by atoms with Crippen molar-refractivity contribution in [1.82, 2.24) is 0 Å². The van der Waals surface area contributed by atoms with E-state index in [-0.39, 0.29) is 0 Å². The maximum absolute atomic E-state index is 6.04. The number of hydrogen-bond acceptors (Lipinski definition) is 3. The molecule has 0 N–H and O–H groups in total. The molecule has 0 amide bonds. The van der Waals surface area contributed by atoms with Gasteiger partial charge in [0, 0.05) is 28.6 Å². The van der Waals surface area contributed by atoms with Crippen LogP contribution in [0.5, 0.6) is 0 Å². The second-order valence-electron chi connectivity index (χ2n) is 4.88. The Kier molecular flexibility index (Phi) is 4.71. The van der Waals surface area contributed by atoms with Gasteiger partial charge in [0.25, 0.3) is 0 Å². The first-order valence-corrected chi connectivity index (χ1v) is 7.85. The van der Waals surface area contributed by atoms with E-state index in [9.17, 15) is 0 Å². The molecule has 0 spiro atoms. The van der Waals surface area contributed by atoms with Gasteiger partial charge in [-0.3, -0.25) is 4.99 Å². The molecular weight excluding hydrogens is 342 g/mol. The number of rotatable bonds is 4. The molecule has 0 aliphatic carbocycles. The smallest absolute Gasteiger partial charge is 0.136 e. The lowest BCUT2D eigenvalue weighted by atomic mass is 10.1. The quantitative estimate of drug-likeness (QED) is 0.648. The first-order chi connectivity index (χ1) is 10.8. The van der Waals surface area contributed by atoms with Crippen molar-refractivity contribution < 1.29 is 9.15 Å². The van der Waals surface area contributed by atoms with E-state index in [0.717, 1.165) is 32.1 Å². The minimum atomic E-state index is 0.599. The molecule has 3 rings (SSSR count). The van der Waals surface area contributed by atoms with Crippen LogP contribution in [0.15, 0.2) is 68.5 Å². The zero-order chi connectivity index (χ0) is 15.4. The van der Waals surface area contributed by atoms with Crippen LogP contribution in [-0.2, 0) is 4.74 Å². The molecular formula is C18H16BrNO2. The van der Waals surface area contributed by atoms with E-state index in [4.69, 9.17) is 9.15 Å². The Morgan fingerprint density at radius 2 is 1.91 bits per heavy atom. The molecule has 0 radical (unpaired) electrons. The zero-order valence-corrected chi connectivity index (χ0v) is 13.8. The SMILES string of the molecule is COCCN=c1cc(-c2ccccc2)oc2ccc(Br)cc12. The van der Waals surface area contributed by atoms with Gasteiger partial charge in [-0.2, -0.15) is 0 Å². The topological polar surface area (TPSA) is 34.7 Å². The summed E-state index contributed by atoms with van der Waals surface area (Å²) in [5, 5.41) is 1.91. The third-order valence-corrected chi connectivity index (χ3v) is 3.83. The monoisotopic (exact) mass is 357 g/mol. The Bertz CT molecular complexity index is 841. The summed E-state index contributed by atoms with van der Waals surface area (Å²) in [6.45, 7) is 1.22. The van der Waals surface area contributed by atoms with Crippen LogP contribution in [0, 0.1) is 0 Å². The second-order valence-corrected chi connectivity index (χ2v) is 5.79. The van der Waals surface area contributed by atoms with E-state index in [1.807, 2.05) is 54.6 Å². The highest BCUT2D eigenvalue weighted by Gasteiger charge is 2.06. The fourth-order valence-corrected chi connectivity index (χ4v) is 2.64. The summed E-state index contributed by atoms with van der Waals surface area (Å²) in [6.07, 6.45) is 0. The zero-order valence-electron chi connectivity index (χ0n) is 12.3. The summed E-state index contributed by atoms with van der Waals surface area (Å²) in [4.78, 5) is 4.65. The van der Waals surface area contributed by atoms with Crippen LogP contribution in [-0.4, -0.2) is 20.3 Å². The third kappa shape index (κ3) is 3.29. The molecule has 0 aliphatic rings. The summed E-state index contributed by atoms with van der Waals surface area (Å²) in [5.74, 6) is 0.812. The average Bonchev–Trinajstić information content (AvgIpc) is 2.56. The van der Waals surface area contributed by atoms with Gasteiger partial charge in [0.1, 0.15) is 11.3 Å². The standard InChI is InChI=1S/C18H16BrNO2/c1-21-10-9-20-16-12-18(13-5-3-2-4-6-13)22-17-8-7-14(19)11-15(16)17/h2-8,11-12H,9-10H2,1H3. The van der Waals surface area contributed by atoms with Crippen LogP contribution in [0.4, 0.5) is 0 Å². The van der Waals surface area contributed by atoms with E-state index in [1.165, 1.54) is 0 Å². The largest absolute Gasteiger partial charge is 0.456 e. The number of hydrogen-bond donors (Lipinski definition) is 0. The molecule has 2 aromatic carbocycles. The third-order valence-electron chi connectivity index (χ3n) is 3.34. The van der Waals surface area contributed by atoms with Crippen LogP contribution in [0.25, 0.3) is 22.3 Å². The van der Waals surface area contributed by atoms with Crippen molar-refractivity contribution in [2.24, 2.45) is 4.99 Å². The van der Waals surface area contributed by atoms with Gasteiger partial charge in [-0.15, -0.1) is 0 Å². The minimum absolute atomic E-state index is 0.599. The van der Waals surface area contributed by atoms with Gasteiger partial charge in [-0.1, -0.05) is 46.3 Å². The van der Waals surface area contributed by atoms with Crippen LogP contribution < -0.4 is 5.36 Å². The van der Waals surface area contributed by atoms with E-state index < -0.39 is 0 Å². The van der Waals surface area contributed by atoms with Crippen LogP contribution in [0.2, 0.25) is 0 Å². The van der Waals surface area contributed by atoms with E-state index in [1.54, 1.807) is 7.11 Å². The highest BCUT2D eigenvalue weighted by Crippen LogP contribution is 2.23. The summed E-state index contributed by atoms with van der Waals surface area (Å²) in [5.41, 5.74) is 1.86. The Morgan fingerprint density at radius 3 is 2.68 bits per heavy atom. The highest BCUT2D eigenvalue weighted by atomic mass is 79.9. The van der Waals surface area contributed by atoms with Gasteiger partial charge in [0.05, 0.1) is 18.5 Å². The van der Waals surface area contributed by atoms with Crippen molar-refractivity contribution in [1.29, 1.82) is 0 Å². The lowest BCUT2D eigenvalue weighted by Crippen LogP contribution is -2.07. The van der Waals surface area contributed by atoms with Gasteiger partial charge in [0.15, 0.2) is 0 Å². The fraction of sp³-hybridized carbons (Fsp3) is 0.167. The molecule has 3 nitrogen and oxygen atoms in total. The first-order valence-electron chi connectivity index (χ1n) is 7.06. The summed E-state index contributed by atoms with van der Waals surface area (Å²) in [6, 6.07) is 18.0. The van der Waals surface area contributed by atoms with Gasteiger partial charge < -0.3 is 9.15 Å². The van der Waals surface area contributed by atoms with Crippen molar-refractivity contribution >= 4 is 26.9 Å². The maximum Gasteiger partial charge on any atom is 0.136 e. The fourth-order valence-electron chi connectivity index (χ4n) is 2.27. The summed E-state index contributed by atoms with van der Waals surface area (Å²) < 4.78 is 12.1. The number of benzene rings is 2. The minimum Gasteiger partial charge on any atom is -0.456 e. The van der Waals surface area contributed by atoms with Gasteiger partial charge >= 0.3 is 0 Å². The molecule has 0 bridgehead atoms. The molecule has 0 aliphatic heterocycles. The molecule has 0 saturated heterocycles. The van der Waals surface area contributed by atoms with Crippen LogP contribution in [0.1, 0.15) is 0 Å². The Labute approximate surface area is 137 Å². The molecule has 3 aromatic rings. The van der Waals surface area contributed by atoms with Crippen molar-refractivity contribution in [3.63, 3.8) is 0 Å². The van der Waals surface area contributed by atoms with Crippen molar-refractivity contribution in [2.75, 3.05) is 20.3 Å². The molecule has 22 heavy (non-hydrogen) atoms. The lowest BCUT2D eigenvalue weighted by Gasteiger charge is -2.05. The Balaban J connectivity index is 2.20. The van der Waals surface area contributed by atoms with Crippen molar-refractivity contribution in [3.8, 4) is 11.3 Å². The van der Waals surface area contributed by atoms with E-state index >= 15 is 0 Å². The Hall–Kier alpha value is -1.91. The van der Waals surface area contributed by atoms with Gasteiger partial charge in [-0.05, 0) is 18.2 Å². The molecule has 112 valence electrons. The van der Waals surface area contributed by atoms with Gasteiger partial charge in [0.2, 0.25) is 0 Å². The normalized spacial score (nSPS) is 12.0. The molecule has 1 aromatic heterocycles. The predicted octanol–water partition coefficient (Wildman–Crippen LogP) is 4.41. The molecule has 0 atom stereocenters. The maximum atomic E-state index is 6.04. The van der Waals surface area contributed by atoms with Crippen LogP contribution in [0.3, 0.4) is 0 Å². The second kappa shape index (κ2) is 6.90. The highest BCUT2D eigenvalue weighted by molar-refractivity contribution is 9.10. The summed E-state index contributed by atoms with van der Waals surface area (Å²) in [7, 11) is 1.68. The molecule has 4 heteroatoms. The number of ether oxygens (including phenoxy) is 1. The molecule has 1 heterocycles. The molecule has 0 fully saturated rings. The number of halogens is 1. The molecule has 0 unspecified atom stereocenters. The van der Waals surface area contributed by atoms with E-state index in [2.05, 4.69) is 20.9 Å². The Morgan fingerprint density at radius 1 is 1.09 bits per heavy atom. The van der Waals surface area contributed by atoms with Gasteiger partial charge in [-0.25, -0.2) is 0 Å². The van der Waals surface area contributed by atoms with E-state index in [0.29, 0.717) is 13.2 Å². The lowest BCUT2D eigenvalue weighted by molar-refractivity contribution is 0.207. The van der Waals surface area contributed by atoms with Crippen molar-refractivity contribution in [2.45, 2.75) is 0 Å².